The van der Waals surface area contributed by atoms with E-state index < -0.39 is 5.97 Å². The molecule has 0 N–H and O–H groups in total. The van der Waals surface area contributed by atoms with E-state index in [0.717, 1.165) is 11.3 Å². The van der Waals surface area contributed by atoms with Gasteiger partial charge in [0.05, 0.1) is 6.42 Å². The molecule has 29 heavy (non-hydrogen) atoms. The number of ether oxygens (including phenoxy) is 3. The molecule has 0 bridgehead atoms. The number of rotatable bonds is 7. The normalized spacial score (nSPS) is 12.4. The van der Waals surface area contributed by atoms with E-state index in [9.17, 15) is 9.59 Å². The Hall–Kier alpha value is -3.54. The van der Waals surface area contributed by atoms with Crippen LogP contribution in [0.25, 0.3) is 11.3 Å². The molecule has 1 aliphatic rings. The maximum atomic E-state index is 12.3. The molecule has 2 heterocycles. The van der Waals surface area contributed by atoms with Crippen LogP contribution in [0.3, 0.4) is 0 Å². The number of aryl methyl sites for hydroxylation is 1. The number of fused-ring (bicyclic) bond motifs is 1. The Labute approximate surface area is 168 Å². The molecule has 148 valence electrons. The van der Waals surface area contributed by atoms with Crippen molar-refractivity contribution in [3.8, 4) is 22.8 Å². The van der Waals surface area contributed by atoms with E-state index in [4.69, 9.17) is 18.6 Å². The van der Waals surface area contributed by atoms with Crippen LogP contribution in [0.5, 0.6) is 11.5 Å². The van der Waals surface area contributed by atoms with Crippen molar-refractivity contribution < 1.29 is 28.2 Å². The lowest BCUT2D eigenvalue weighted by atomic mass is 10.1. The number of hydrogen-bond donors (Lipinski definition) is 0. The molecule has 6 nitrogen and oxygen atoms in total. The van der Waals surface area contributed by atoms with Crippen LogP contribution < -0.4 is 9.47 Å². The molecule has 0 aliphatic carbocycles. The summed E-state index contributed by atoms with van der Waals surface area (Å²) in [4.78, 5) is 24.3. The minimum absolute atomic E-state index is 0.135. The second kappa shape index (κ2) is 8.65. The predicted molar refractivity (Wildman–Crippen MR) is 105 cm³/mol. The second-order valence-corrected chi connectivity index (χ2v) is 6.57. The summed E-state index contributed by atoms with van der Waals surface area (Å²) in [7, 11) is 0. The van der Waals surface area contributed by atoms with E-state index in [1.165, 1.54) is 0 Å². The van der Waals surface area contributed by atoms with Crippen molar-refractivity contribution in [3.63, 3.8) is 0 Å². The highest BCUT2D eigenvalue weighted by molar-refractivity contribution is 5.98. The maximum absolute atomic E-state index is 12.3. The zero-order chi connectivity index (χ0) is 20.1. The Bertz CT molecular complexity index is 1010. The molecule has 4 rings (SSSR count). The highest BCUT2D eigenvalue weighted by atomic mass is 16.6. The SMILES string of the molecule is O=C(CCc1ccc(-c2ccccc2)o1)OCC(=O)c1ccc2c(c1)OCCO2. The van der Waals surface area contributed by atoms with E-state index in [-0.39, 0.29) is 18.8 Å². The zero-order valence-electron chi connectivity index (χ0n) is 15.8. The van der Waals surface area contributed by atoms with Crippen molar-refractivity contribution in [2.45, 2.75) is 12.8 Å². The van der Waals surface area contributed by atoms with Crippen molar-refractivity contribution in [2.24, 2.45) is 0 Å². The number of carbonyl (C=O) groups is 2. The molecule has 3 aromatic rings. The smallest absolute Gasteiger partial charge is 0.306 e. The highest BCUT2D eigenvalue weighted by Gasteiger charge is 2.16. The predicted octanol–water partition coefficient (Wildman–Crippen LogP) is 4.08. The maximum Gasteiger partial charge on any atom is 0.306 e. The molecule has 0 radical (unpaired) electrons. The van der Waals surface area contributed by atoms with Gasteiger partial charge in [-0.05, 0) is 30.3 Å². The van der Waals surface area contributed by atoms with Crippen LogP contribution in [0, 0.1) is 0 Å². The van der Waals surface area contributed by atoms with Gasteiger partial charge >= 0.3 is 5.97 Å². The molecule has 6 heteroatoms. The lowest BCUT2D eigenvalue weighted by molar-refractivity contribution is -0.142. The van der Waals surface area contributed by atoms with Gasteiger partial charge in [-0.25, -0.2) is 0 Å². The molecule has 0 saturated heterocycles. The molecule has 0 spiro atoms. The Morgan fingerprint density at radius 3 is 2.52 bits per heavy atom. The van der Waals surface area contributed by atoms with Gasteiger partial charge in [-0.1, -0.05) is 30.3 Å². The zero-order valence-corrected chi connectivity index (χ0v) is 15.8. The summed E-state index contributed by atoms with van der Waals surface area (Å²) in [6.07, 6.45) is 0.542. The molecule has 1 aliphatic heterocycles. The third kappa shape index (κ3) is 4.66. The fourth-order valence-electron chi connectivity index (χ4n) is 3.01. The van der Waals surface area contributed by atoms with Crippen molar-refractivity contribution >= 4 is 11.8 Å². The monoisotopic (exact) mass is 392 g/mol. The molecule has 2 aromatic carbocycles. The fourth-order valence-corrected chi connectivity index (χ4v) is 3.01. The summed E-state index contributed by atoms with van der Waals surface area (Å²) in [5, 5.41) is 0. The molecule has 1 aromatic heterocycles. The minimum Gasteiger partial charge on any atom is -0.486 e. The molecule has 0 unspecified atom stereocenters. The first kappa shape index (κ1) is 18.8. The average molecular weight is 392 g/mol. The van der Waals surface area contributed by atoms with Crippen molar-refractivity contribution in [1.82, 2.24) is 0 Å². The Morgan fingerprint density at radius 2 is 1.69 bits per heavy atom. The van der Waals surface area contributed by atoms with E-state index in [0.29, 0.717) is 42.5 Å². The quantitative estimate of drug-likeness (QED) is 0.446. The first-order valence-corrected chi connectivity index (χ1v) is 9.41. The number of benzene rings is 2. The number of Topliss-reactive ketones (excluding diaryl/α,β-unsaturated/α-hetero) is 1. The number of esters is 1. The van der Waals surface area contributed by atoms with Crippen molar-refractivity contribution in [2.75, 3.05) is 19.8 Å². The van der Waals surface area contributed by atoms with Gasteiger partial charge in [0.1, 0.15) is 24.7 Å². The highest BCUT2D eigenvalue weighted by Crippen LogP contribution is 2.30. The minimum atomic E-state index is -0.450. The van der Waals surface area contributed by atoms with Gasteiger partial charge in [0, 0.05) is 17.5 Å². The van der Waals surface area contributed by atoms with Crippen LogP contribution in [-0.2, 0) is 16.0 Å². The second-order valence-electron chi connectivity index (χ2n) is 6.57. The standard InChI is InChI=1S/C23H20O6/c24-19(17-6-9-21-22(14-17)27-13-12-26-21)15-28-23(25)11-8-18-7-10-20(29-18)16-4-2-1-3-5-16/h1-7,9-10,14H,8,11-13,15H2. The van der Waals surface area contributed by atoms with Crippen molar-refractivity contribution in [1.29, 1.82) is 0 Å². The van der Waals surface area contributed by atoms with Crippen LogP contribution >= 0.6 is 0 Å². The Morgan fingerprint density at radius 1 is 0.897 bits per heavy atom. The van der Waals surface area contributed by atoms with Gasteiger partial charge in [0.15, 0.2) is 23.9 Å². The van der Waals surface area contributed by atoms with Crippen LogP contribution in [0.15, 0.2) is 65.1 Å². The number of ketones is 1. The van der Waals surface area contributed by atoms with Crippen LogP contribution in [-0.4, -0.2) is 31.6 Å². The van der Waals surface area contributed by atoms with E-state index in [1.54, 1.807) is 18.2 Å². The molecule has 0 fully saturated rings. The first-order chi connectivity index (χ1) is 14.2. The molecular weight excluding hydrogens is 372 g/mol. The third-order valence-corrected chi connectivity index (χ3v) is 4.52. The number of carbonyl (C=O) groups excluding carboxylic acids is 2. The van der Waals surface area contributed by atoms with Gasteiger partial charge in [-0.2, -0.15) is 0 Å². The molecular formula is C23H20O6. The lowest BCUT2D eigenvalue weighted by Crippen LogP contribution is -2.17. The molecule has 0 amide bonds. The largest absolute Gasteiger partial charge is 0.486 e. The van der Waals surface area contributed by atoms with Gasteiger partial charge < -0.3 is 18.6 Å². The molecule has 0 saturated carbocycles. The van der Waals surface area contributed by atoms with Gasteiger partial charge in [0.2, 0.25) is 0 Å². The summed E-state index contributed by atoms with van der Waals surface area (Å²) in [5.41, 5.74) is 1.40. The number of furan rings is 1. The van der Waals surface area contributed by atoms with Crippen LogP contribution in [0.2, 0.25) is 0 Å². The number of hydrogen-bond acceptors (Lipinski definition) is 6. The van der Waals surface area contributed by atoms with E-state index in [2.05, 4.69) is 0 Å². The summed E-state index contributed by atoms with van der Waals surface area (Å²) in [5.74, 6) is 1.84. The van der Waals surface area contributed by atoms with E-state index in [1.807, 2.05) is 42.5 Å². The summed E-state index contributed by atoms with van der Waals surface area (Å²) in [6.45, 7) is 0.616. The van der Waals surface area contributed by atoms with Gasteiger partial charge in [0.25, 0.3) is 0 Å². The first-order valence-electron chi connectivity index (χ1n) is 9.41. The summed E-state index contributed by atoms with van der Waals surface area (Å²) < 4.78 is 21.8. The topological polar surface area (TPSA) is 75.0 Å². The van der Waals surface area contributed by atoms with Crippen LogP contribution in [0.4, 0.5) is 0 Å². The summed E-state index contributed by atoms with van der Waals surface area (Å²) >= 11 is 0. The fraction of sp³-hybridized carbons (Fsp3) is 0.217. The van der Waals surface area contributed by atoms with Gasteiger partial charge in [-0.3, -0.25) is 9.59 Å². The van der Waals surface area contributed by atoms with Crippen LogP contribution in [0.1, 0.15) is 22.5 Å². The van der Waals surface area contributed by atoms with Gasteiger partial charge in [-0.15, -0.1) is 0 Å². The average Bonchev–Trinajstić information content (AvgIpc) is 3.25. The Kier molecular flexibility index (Phi) is 5.61. The van der Waals surface area contributed by atoms with E-state index >= 15 is 0 Å². The van der Waals surface area contributed by atoms with Crippen molar-refractivity contribution in [3.05, 3.63) is 72.0 Å². The third-order valence-electron chi connectivity index (χ3n) is 4.52. The molecule has 0 atom stereocenters. The Balaban J connectivity index is 1.26. The lowest BCUT2D eigenvalue weighted by Gasteiger charge is -2.18. The summed E-state index contributed by atoms with van der Waals surface area (Å²) in [6, 6.07) is 18.4.